The van der Waals surface area contributed by atoms with Crippen molar-refractivity contribution < 1.29 is 48.2 Å². The highest BCUT2D eigenvalue weighted by Gasteiger charge is 2.47. The molecule has 0 spiro atoms. The van der Waals surface area contributed by atoms with Gasteiger partial charge in [-0.2, -0.15) is 8.42 Å². The smallest absolute Gasteiger partial charge is 0.387 e. The van der Waals surface area contributed by atoms with Crippen LogP contribution in [0.1, 0.15) is 0 Å². The third-order valence-electron chi connectivity index (χ3n) is 2.10. The van der Waals surface area contributed by atoms with Crippen molar-refractivity contribution in [2.24, 2.45) is 0 Å². The van der Waals surface area contributed by atoms with Crippen LogP contribution in [-0.2, 0) is 10.4 Å². The standard InChI is InChI=1S/C6H12O6.H2O4S/c7-1-2(8)4(10)6(12)5(11)3(1)9;1-5(2,3)4/h1-12H;(H2,1,2,3,4)/t1-,2-,3-,4+,5-,6-;. The van der Waals surface area contributed by atoms with E-state index in [9.17, 15) is 0 Å². The highest BCUT2D eigenvalue weighted by Crippen LogP contribution is 2.20. The predicted molar refractivity (Wildman–Crippen MR) is 50.2 cm³/mol. The molecule has 0 bridgehead atoms. The summed E-state index contributed by atoms with van der Waals surface area (Å²) >= 11 is 0. The Hall–Kier alpha value is -0.370. The lowest BCUT2D eigenvalue weighted by Gasteiger charge is -2.39. The van der Waals surface area contributed by atoms with Gasteiger partial charge in [0.1, 0.15) is 36.6 Å². The average molecular weight is 278 g/mol. The maximum Gasteiger partial charge on any atom is 0.394 e. The molecule has 0 aromatic rings. The summed E-state index contributed by atoms with van der Waals surface area (Å²) in [6.45, 7) is 0. The average Bonchev–Trinajstić information content (AvgIpc) is 2.18. The Morgan fingerprint density at radius 1 is 0.529 bits per heavy atom. The lowest BCUT2D eigenvalue weighted by Crippen LogP contribution is -2.63. The van der Waals surface area contributed by atoms with Crippen LogP contribution >= 0.6 is 0 Å². The highest BCUT2D eigenvalue weighted by molar-refractivity contribution is 7.79. The Kier molecular flexibility index (Phi) is 5.86. The Labute approximate surface area is 96.0 Å². The quantitative estimate of drug-likeness (QED) is 0.200. The number of hydrogen-bond acceptors (Lipinski definition) is 8. The van der Waals surface area contributed by atoms with Crippen LogP contribution in [0.25, 0.3) is 0 Å². The van der Waals surface area contributed by atoms with Crippen LogP contribution in [0.4, 0.5) is 0 Å². The summed E-state index contributed by atoms with van der Waals surface area (Å²) < 4.78 is 31.6. The van der Waals surface area contributed by atoms with Gasteiger partial charge in [-0.15, -0.1) is 0 Å². The zero-order valence-electron chi connectivity index (χ0n) is 8.27. The van der Waals surface area contributed by atoms with Gasteiger partial charge < -0.3 is 30.6 Å². The van der Waals surface area contributed by atoms with Crippen molar-refractivity contribution >= 4 is 10.4 Å². The second-order valence-corrected chi connectivity index (χ2v) is 4.29. The largest absolute Gasteiger partial charge is 0.394 e. The predicted octanol–water partition coefficient (Wildman–Crippen LogP) is -4.49. The molecule has 0 atom stereocenters. The van der Waals surface area contributed by atoms with E-state index in [2.05, 4.69) is 0 Å². The molecule has 104 valence electrons. The molecular formula is C6H14O10S. The van der Waals surface area contributed by atoms with Gasteiger partial charge in [0.15, 0.2) is 0 Å². The van der Waals surface area contributed by atoms with Crippen molar-refractivity contribution in [1.29, 1.82) is 0 Å². The number of rotatable bonds is 0. The normalized spacial score (nSPS) is 42.6. The molecular weight excluding hydrogens is 264 g/mol. The monoisotopic (exact) mass is 278 g/mol. The van der Waals surface area contributed by atoms with E-state index in [1.807, 2.05) is 0 Å². The summed E-state index contributed by atoms with van der Waals surface area (Å²) in [6, 6.07) is 0. The summed E-state index contributed by atoms with van der Waals surface area (Å²) in [6.07, 6.45) is -9.84. The van der Waals surface area contributed by atoms with Gasteiger partial charge in [0.25, 0.3) is 0 Å². The second kappa shape index (κ2) is 5.99. The molecule has 0 amide bonds. The summed E-state index contributed by atoms with van der Waals surface area (Å²) in [4.78, 5) is 0. The molecule has 0 unspecified atom stereocenters. The Morgan fingerprint density at radius 2 is 0.588 bits per heavy atom. The Bertz CT molecular complexity index is 261. The lowest BCUT2D eigenvalue weighted by atomic mass is 9.85. The van der Waals surface area contributed by atoms with Gasteiger partial charge in [-0.3, -0.25) is 9.11 Å². The van der Waals surface area contributed by atoms with Crippen LogP contribution in [0.5, 0.6) is 0 Å². The fraction of sp³-hybridized carbons (Fsp3) is 1.00. The molecule has 1 aliphatic rings. The molecule has 8 N–H and O–H groups in total. The first-order valence-corrected chi connectivity index (χ1v) is 5.64. The van der Waals surface area contributed by atoms with Gasteiger partial charge in [0, 0.05) is 0 Å². The van der Waals surface area contributed by atoms with Crippen LogP contribution in [0.3, 0.4) is 0 Å². The number of aliphatic hydroxyl groups excluding tert-OH is 6. The molecule has 10 nitrogen and oxygen atoms in total. The molecule has 0 aliphatic heterocycles. The maximum absolute atomic E-state index is 8.97. The van der Waals surface area contributed by atoms with E-state index < -0.39 is 47.0 Å². The molecule has 1 saturated carbocycles. The van der Waals surface area contributed by atoms with E-state index >= 15 is 0 Å². The Balaban J connectivity index is 0.000000437. The zero-order valence-corrected chi connectivity index (χ0v) is 9.08. The fourth-order valence-electron chi connectivity index (χ4n) is 1.21. The van der Waals surface area contributed by atoms with Gasteiger partial charge >= 0.3 is 10.4 Å². The second-order valence-electron chi connectivity index (χ2n) is 3.39. The molecule has 0 aromatic heterocycles. The molecule has 0 heterocycles. The van der Waals surface area contributed by atoms with E-state index in [1.165, 1.54) is 0 Å². The van der Waals surface area contributed by atoms with Gasteiger partial charge in [0.2, 0.25) is 0 Å². The SMILES string of the molecule is O=S(=O)(O)O.O[C@H]1[C@H](O)[C@@H](O)[C@H](O)[C@@H](O)[C@H]1O. The van der Waals surface area contributed by atoms with Crippen molar-refractivity contribution in [2.45, 2.75) is 36.6 Å². The van der Waals surface area contributed by atoms with Crippen molar-refractivity contribution in [2.75, 3.05) is 0 Å². The van der Waals surface area contributed by atoms with Crippen LogP contribution in [0.15, 0.2) is 0 Å². The molecule has 1 rings (SSSR count). The summed E-state index contributed by atoms with van der Waals surface area (Å²) in [5, 5.41) is 53.8. The molecule has 11 heteroatoms. The fourth-order valence-corrected chi connectivity index (χ4v) is 1.21. The van der Waals surface area contributed by atoms with E-state index in [0.29, 0.717) is 0 Å². The van der Waals surface area contributed by atoms with Crippen LogP contribution < -0.4 is 0 Å². The van der Waals surface area contributed by atoms with E-state index in [-0.39, 0.29) is 0 Å². The minimum Gasteiger partial charge on any atom is -0.387 e. The molecule has 1 aliphatic carbocycles. The van der Waals surface area contributed by atoms with Crippen molar-refractivity contribution in [1.82, 2.24) is 0 Å². The van der Waals surface area contributed by atoms with Crippen LogP contribution in [0.2, 0.25) is 0 Å². The van der Waals surface area contributed by atoms with E-state index in [0.717, 1.165) is 0 Å². The summed E-state index contributed by atoms with van der Waals surface area (Å²) in [7, 11) is -4.67. The van der Waals surface area contributed by atoms with Gasteiger partial charge in [0.05, 0.1) is 0 Å². The molecule has 1 fully saturated rings. The first-order valence-electron chi connectivity index (χ1n) is 4.25. The Morgan fingerprint density at radius 3 is 0.647 bits per heavy atom. The number of hydrogen-bond donors (Lipinski definition) is 8. The van der Waals surface area contributed by atoms with Gasteiger partial charge in [-0.1, -0.05) is 0 Å². The lowest BCUT2D eigenvalue weighted by molar-refractivity contribution is -0.223. The van der Waals surface area contributed by atoms with Gasteiger partial charge in [-0.25, -0.2) is 0 Å². The minimum atomic E-state index is -4.67. The highest BCUT2D eigenvalue weighted by atomic mass is 32.3. The van der Waals surface area contributed by atoms with E-state index in [4.69, 9.17) is 48.2 Å². The first kappa shape index (κ1) is 16.6. The minimum absolute atomic E-state index is 1.64. The molecule has 0 aromatic carbocycles. The van der Waals surface area contributed by atoms with Gasteiger partial charge in [-0.05, 0) is 0 Å². The van der Waals surface area contributed by atoms with Crippen molar-refractivity contribution in [3.8, 4) is 0 Å². The summed E-state index contributed by atoms with van der Waals surface area (Å²) in [5.74, 6) is 0. The zero-order chi connectivity index (χ0) is 14.0. The first-order chi connectivity index (χ1) is 7.46. The number of aliphatic hydroxyl groups is 6. The van der Waals surface area contributed by atoms with Crippen LogP contribution in [-0.4, -0.2) is 84.8 Å². The summed E-state index contributed by atoms with van der Waals surface area (Å²) in [5.41, 5.74) is 0. The molecule has 0 saturated heterocycles. The topological polar surface area (TPSA) is 196 Å². The maximum atomic E-state index is 8.97. The third kappa shape index (κ3) is 5.20. The van der Waals surface area contributed by atoms with Crippen molar-refractivity contribution in [3.63, 3.8) is 0 Å². The van der Waals surface area contributed by atoms with Crippen molar-refractivity contribution in [3.05, 3.63) is 0 Å². The third-order valence-corrected chi connectivity index (χ3v) is 2.10. The van der Waals surface area contributed by atoms with Crippen LogP contribution in [0, 0.1) is 0 Å². The van der Waals surface area contributed by atoms with E-state index in [1.54, 1.807) is 0 Å². The molecule has 0 radical (unpaired) electrons. The molecule has 17 heavy (non-hydrogen) atoms.